The smallest absolute Gasteiger partial charge is 0.146 e. The number of hydrogen-bond acceptors (Lipinski definition) is 2. The van der Waals surface area contributed by atoms with Crippen LogP contribution in [0.25, 0.3) is 0 Å². The van der Waals surface area contributed by atoms with E-state index in [0.29, 0.717) is 11.4 Å². The first-order chi connectivity index (χ1) is 8.06. The molecule has 0 aliphatic heterocycles. The lowest BCUT2D eigenvalue weighted by molar-refractivity contribution is 0.631. The zero-order valence-electron chi connectivity index (χ0n) is 9.92. The molecule has 0 aromatic heterocycles. The van der Waals surface area contributed by atoms with Gasteiger partial charge in [-0.25, -0.2) is 4.39 Å². The number of halogens is 1. The van der Waals surface area contributed by atoms with Gasteiger partial charge in [-0.15, -0.1) is 0 Å². The monoisotopic (exact) mass is 230 g/mol. The Labute approximate surface area is 100 Å². The zero-order valence-corrected chi connectivity index (χ0v) is 9.92. The Morgan fingerprint density at radius 3 is 2.29 bits per heavy atom. The van der Waals surface area contributed by atoms with Crippen molar-refractivity contribution in [2.75, 3.05) is 11.1 Å². The molecule has 0 saturated carbocycles. The number of aryl methyl sites for hydroxylation is 2. The summed E-state index contributed by atoms with van der Waals surface area (Å²) in [6.07, 6.45) is 0. The van der Waals surface area contributed by atoms with Crippen LogP contribution in [0.3, 0.4) is 0 Å². The summed E-state index contributed by atoms with van der Waals surface area (Å²) >= 11 is 0. The third-order valence-electron chi connectivity index (χ3n) is 2.60. The van der Waals surface area contributed by atoms with Crippen molar-refractivity contribution in [2.24, 2.45) is 0 Å². The number of anilines is 3. The minimum atomic E-state index is -0.272. The first-order valence-electron chi connectivity index (χ1n) is 5.45. The molecular formula is C14H15FN2. The second-order valence-electron chi connectivity index (χ2n) is 4.20. The minimum absolute atomic E-state index is 0.272. The Morgan fingerprint density at radius 1 is 0.941 bits per heavy atom. The number of rotatable bonds is 2. The highest BCUT2D eigenvalue weighted by atomic mass is 19.1. The Balaban J connectivity index is 2.34. The Morgan fingerprint density at radius 2 is 1.59 bits per heavy atom. The van der Waals surface area contributed by atoms with E-state index >= 15 is 0 Å². The van der Waals surface area contributed by atoms with Crippen molar-refractivity contribution in [1.82, 2.24) is 0 Å². The van der Waals surface area contributed by atoms with E-state index in [0.717, 1.165) is 16.8 Å². The highest BCUT2D eigenvalue weighted by Crippen LogP contribution is 2.26. The maximum absolute atomic E-state index is 13.7. The molecule has 0 atom stereocenters. The van der Waals surface area contributed by atoms with Gasteiger partial charge in [0.25, 0.3) is 0 Å². The summed E-state index contributed by atoms with van der Waals surface area (Å²) in [6, 6.07) is 10.7. The predicted octanol–water partition coefficient (Wildman–Crippen LogP) is 3.77. The van der Waals surface area contributed by atoms with E-state index in [4.69, 9.17) is 5.73 Å². The van der Waals surface area contributed by atoms with Crippen LogP contribution in [0.1, 0.15) is 11.1 Å². The second kappa shape index (κ2) is 4.45. The van der Waals surface area contributed by atoms with E-state index in [9.17, 15) is 4.39 Å². The van der Waals surface area contributed by atoms with E-state index in [1.54, 1.807) is 6.07 Å². The standard InChI is InChI=1S/C14H15FN2/c1-9-4-6-13(11(15)7-9)17-14-8-10(2)3-5-12(14)16/h3-8,17H,16H2,1-2H3. The van der Waals surface area contributed by atoms with Crippen molar-refractivity contribution in [1.29, 1.82) is 0 Å². The Hall–Kier alpha value is -2.03. The van der Waals surface area contributed by atoms with Gasteiger partial charge < -0.3 is 11.1 Å². The minimum Gasteiger partial charge on any atom is -0.397 e. The zero-order chi connectivity index (χ0) is 12.4. The largest absolute Gasteiger partial charge is 0.397 e. The van der Waals surface area contributed by atoms with E-state index in [2.05, 4.69) is 5.32 Å². The van der Waals surface area contributed by atoms with Gasteiger partial charge in [0.15, 0.2) is 0 Å². The van der Waals surface area contributed by atoms with Crippen LogP contribution in [0.5, 0.6) is 0 Å². The molecule has 0 unspecified atom stereocenters. The lowest BCUT2D eigenvalue weighted by Gasteiger charge is -2.11. The van der Waals surface area contributed by atoms with Crippen molar-refractivity contribution in [3.05, 3.63) is 53.3 Å². The van der Waals surface area contributed by atoms with Crippen LogP contribution < -0.4 is 11.1 Å². The molecule has 17 heavy (non-hydrogen) atoms. The topological polar surface area (TPSA) is 38.0 Å². The first-order valence-corrected chi connectivity index (χ1v) is 5.45. The van der Waals surface area contributed by atoms with E-state index in [1.807, 2.05) is 38.1 Å². The second-order valence-corrected chi connectivity index (χ2v) is 4.20. The van der Waals surface area contributed by atoms with Crippen LogP contribution in [-0.2, 0) is 0 Å². The van der Waals surface area contributed by atoms with Gasteiger partial charge in [0.1, 0.15) is 5.82 Å². The van der Waals surface area contributed by atoms with Crippen molar-refractivity contribution in [2.45, 2.75) is 13.8 Å². The lowest BCUT2D eigenvalue weighted by atomic mass is 10.1. The summed E-state index contributed by atoms with van der Waals surface area (Å²) in [5, 5.41) is 3.01. The molecule has 0 bridgehead atoms. The lowest BCUT2D eigenvalue weighted by Crippen LogP contribution is -1.98. The summed E-state index contributed by atoms with van der Waals surface area (Å²) in [7, 11) is 0. The number of nitrogens with one attached hydrogen (secondary N) is 1. The van der Waals surface area contributed by atoms with Gasteiger partial charge in [-0.1, -0.05) is 12.1 Å². The summed E-state index contributed by atoms with van der Waals surface area (Å²) in [5.41, 5.74) is 9.58. The summed E-state index contributed by atoms with van der Waals surface area (Å²) < 4.78 is 13.7. The van der Waals surface area contributed by atoms with Gasteiger partial charge in [0.05, 0.1) is 17.1 Å². The molecular weight excluding hydrogens is 215 g/mol. The molecule has 0 aliphatic rings. The number of hydrogen-bond donors (Lipinski definition) is 2. The molecule has 0 amide bonds. The van der Waals surface area contributed by atoms with Gasteiger partial charge in [0.2, 0.25) is 0 Å². The van der Waals surface area contributed by atoms with Gasteiger partial charge in [0, 0.05) is 0 Å². The van der Waals surface area contributed by atoms with Gasteiger partial charge >= 0.3 is 0 Å². The first kappa shape index (κ1) is 11.5. The highest BCUT2D eigenvalue weighted by Gasteiger charge is 2.05. The van der Waals surface area contributed by atoms with E-state index in [-0.39, 0.29) is 5.82 Å². The average Bonchev–Trinajstić information content (AvgIpc) is 2.27. The molecule has 0 radical (unpaired) electrons. The molecule has 3 N–H and O–H groups in total. The Bertz CT molecular complexity index is 550. The highest BCUT2D eigenvalue weighted by molar-refractivity contribution is 5.73. The fraction of sp³-hybridized carbons (Fsp3) is 0.143. The molecule has 2 nitrogen and oxygen atoms in total. The molecule has 2 aromatic rings. The van der Waals surface area contributed by atoms with Gasteiger partial charge in [-0.05, 0) is 49.2 Å². The van der Waals surface area contributed by atoms with Crippen molar-refractivity contribution < 1.29 is 4.39 Å². The van der Waals surface area contributed by atoms with E-state index in [1.165, 1.54) is 6.07 Å². The molecule has 0 heterocycles. The molecule has 2 rings (SSSR count). The predicted molar refractivity (Wildman–Crippen MR) is 70.0 cm³/mol. The third kappa shape index (κ3) is 2.56. The summed E-state index contributed by atoms with van der Waals surface area (Å²) in [4.78, 5) is 0. The molecule has 3 heteroatoms. The Kier molecular flexibility index (Phi) is 3.00. The average molecular weight is 230 g/mol. The van der Waals surface area contributed by atoms with Crippen LogP contribution in [0.15, 0.2) is 36.4 Å². The van der Waals surface area contributed by atoms with Crippen LogP contribution >= 0.6 is 0 Å². The normalized spacial score (nSPS) is 10.3. The number of benzene rings is 2. The fourth-order valence-corrected chi connectivity index (χ4v) is 1.64. The van der Waals surface area contributed by atoms with Crippen LogP contribution in [0, 0.1) is 19.7 Å². The van der Waals surface area contributed by atoms with Gasteiger partial charge in [-0.3, -0.25) is 0 Å². The van der Waals surface area contributed by atoms with Crippen LogP contribution in [0.4, 0.5) is 21.5 Å². The summed E-state index contributed by atoms with van der Waals surface area (Å²) in [6.45, 7) is 3.82. The van der Waals surface area contributed by atoms with Gasteiger partial charge in [-0.2, -0.15) is 0 Å². The van der Waals surface area contributed by atoms with Crippen LogP contribution in [0.2, 0.25) is 0 Å². The molecule has 0 saturated heterocycles. The maximum atomic E-state index is 13.7. The van der Waals surface area contributed by atoms with Crippen molar-refractivity contribution >= 4 is 17.1 Å². The molecule has 88 valence electrons. The molecule has 0 spiro atoms. The quantitative estimate of drug-likeness (QED) is 0.771. The van der Waals surface area contributed by atoms with Crippen molar-refractivity contribution in [3.63, 3.8) is 0 Å². The maximum Gasteiger partial charge on any atom is 0.146 e. The summed E-state index contributed by atoms with van der Waals surface area (Å²) in [5.74, 6) is -0.272. The van der Waals surface area contributed by atoms with Crippen LogP contribution in [-0.4, -0.2) is 0 Å². The van der Waals surface area contributed by atoms with E-state index < -0.39 is 0 Å². The number of nitrogen functional groups attached to an aromatic ring is 1. The number of nitrogens with two attached hydrogens (primary N) is 1. The van der Waals surface area contributed by atoms with Crippen molar-refractivity contribution in [3.8, 4) is 0 Å². The fourth-order valence-electron chi connectivity index (χ4n) is 1.64. The molecule has 2 aromatic carbocycles. The molecule has 0 fully saturated rings. The SMILES string of the molecule is Cc1ccc(Nc2cc(C)ccc2N)c(F)c1. The molecule has 0 aliphatic carbocycles. The third-order valence-corrected chi connectivity index (χ3v) is 2.60.